The molecule has 25 heavy (non-hydrogen) atoms. The van der Waals surface area contributed by atoms with Crippen LogP contribution in [-0.4, -0.2) is 76.7 Å². The number of nitrogens with one attached hydrogen (secondary N) is 1. The van der Waals surface area contributed by atoms with Crippen molar-refractivity contribution < 1.29 is 22.7 Å². The minimum absolute atomic E-state index is 0.107. The second-order valence-corrected chi connectivity index (χ2v) is 7.97. The van der Waals surface area contributed by atoms with Crippen LogP contribution in [0.25, 0.3) is 0 Å². The largest absolute Gasteiger partial charge is 0.497 e. The van der Waals surface area contributed by atoms with Crippen LogP contribution < -0.4 is 14.8 Å². The summed E-state index contributed by atoms with van der Waals surface area (Å²) >= 11 is 0. The van der Waals surface area contributed by atoms with Crippen LogP contribution in [0.15, 0.2) is 18.2 Å². The van der Waals surface area contributed by atoms with Crippen molar-refractivity contribution >= 4 is 21.6 Å². The minimum Gasteiger partial charge on any atom is -0.497 e. The van der Waals surface area contributed by atoms with Gasteiger partial charge in [-0.3, -0.25) is 4.79 Å². The molecular weight excluding hydrogens is 346 g/mol. The molecule has 1 aliphatic heterocycles. The summed E-state index contributed by atoms with van der Waals surface area (Å²) in [4.78, 5) is 14.2. The summed E-state index contributed by atoms with van der Waals surface area (Å²) < 4.78 is 36.5. The molecule has 140 valence electrons. The van der Waals surface area contributed by atoms with Crippen molar-refractivity contribution in [3.63, 3.8) is 0 Å². The number of carbonyl (C=O) groups is 1. The Morgan fingerprint density at radius 3 is 2.44 bits per heavy atom. The zero-order valence-electron chi connectivity index (χ0n) is 14.8. The van der Waals surface area contributed by atoms with Gasteiger partial charge in [-0.25, -0.2) is 8.42 Å². The van der Waals surface area contributed by atoms with E-state index in [-0.39, 0.29) is 18.1 Å². The fraction of sp³-hybridized carbons (Fsp3) is 0.562. The Hall–Kier alpha value is -1.84. The zero-order valence-corrected chi connectivity index (χ0v) is 15.6. The van der Waals surface area contributed by atoms with E-state index in [0.717, 1.165) is 0 Å². The summed E-state index contributed by atoms with van der Waals surface area (Å²) in [5.41, 5.74) is 0.477. The molecule has 0 saturated carbocycles. The first-order valence-corrected chi connectivity index (χ1v) is 9.65. The topological polar surface area (TPSA) is 88.2 Å². The number of piperazine rings is 1. The molecule has 8 nitrogen and oxygen atoms in total. The molecule has 0 radical (unpaired) electrons. The van der Waals surface area contributed by atoms with Gasteiger partial charge in [-0.15, -0.1) is 0 Å². The van der Waals surface area contributed by atoms with Gasteiger partial charge in [-0.05, 0) is 19.2 Å². The molecule has 1 saturated heterocycles. The van der Waals surface area contributed by atoms with Gasteiger partial charge in [0.25, 0.3) is 0 Å². The number of amides is 1. The molecule has 0 aromatic heterocycles. The molecule has 1 aromatic rings. The Morgan fingerprint density at radius 2 is 1.84 bits per heavy atom. The highest BCUT2D eigenvalue weighted by atomic mass is 32.2. The number of ether oxygens (including phenoxy) is 2. The number of rotatable bonds is 7. The lowest BCUT2D eigenvalue weighted by Crippen LogP contribution is -2.48. The maximum Gasteiger partial charge on any atom is 0.225 e. The van der Waals surface area contributed by atoms with E-state index in [1.54, 1.807) is 18.2 Å². The molecule has 0 atom stereocenters. The molecule has 1 heterocycles. The Balaban J connectivity index is 1.92. The Kier molecular flexibility index (Phi) is 6.63. The van der Waals surface area contributed by atoms with Gasteiger partial charge in [0, 0.05) is 38.7 Å². The van der Waals surface area contributed by atoms with E-state index < -0.39 is 10.0 Å². The van der Waals surface area contributed by atoms with Crippen molar-refractivity contribution in [3.8, 4) is 11.5 Å². The van der Waals surface area contributed by atoms with E-state index in [1.807, 2.05) is 7.05 Å². The lowest BCUT2D eigenvalue weighted by atomic mass is 10.2. The summed E-state index contributed by atoms with van der Waals surface area (Å²) in [6, 6.07) is 5.00. The number of nitrogens with zero attached hydrogens (tertiary/aromatic N) is 2. The number of anilines is 1. The average molecular weight is 371 g/mol. The van der Waals surface area contributed by atoms with Gasteiger partial charge in [0.2, 0.25) is 15.9 Å². The molecule has 1 amide bonds. The standard InChI is InChI=1S/C16H25N3O5S/c1-18-7-9-19(10-8-18)25(21,22)11-6-16(20)17-14-5-4-13(23-2)12-15(14)24-3/h4-5,12H,6-11H2,1-3H3,(H,17,20). The second-order valence-electron chi connectivity index (χ2n) is 5.88. The number of sulfonamides is 1. The van der Waals surface area contributed by atoms with Gasteiger partial charge < -0.3 is 19.7 Å². The lowest BCUT2D eigenvalue weighted by molar-refractivity contribution is -0.115. The average Bonchev–Trinajstić information content (AvgIpc) is 2.61. The fourth-order valence-electron chi connectivity index (χ4n) is 2.53. The van der Waals surface area contributed by atoms with Gasteiger partial charge in [0.1, 0.15) is 11.5 Å². The van der Waals surface area contributed by atoms with Crippen LogP contribution in [0.1, 0.15) is 6.42 Å². The van der Waals surface area contributed by atoms with E-state index in [4.69, 9.17) is 9.47 Å². The number of hydrogen-bond donors (Lipinski definition) is 1. The Morgan fingerprint density at radius 1 is 1.16 bits per heavy atom. The third kappa shape index (κ3) is 5.32. The first kappa shape index (κ1) is 19.5. The maximum atomic E-state index is 12.3. The van der Waals surface area contributed by atoms with Crippen LogP contribution in [0.3, 0.4) is 0 Å². The molecule has 1 N–H and O–H groups in total. The second kappa shape index (κ2) is 8.50. The molecular formula is C16H25N3O5S. The van der Waals surface area contributed by atoms with E-state index >= 15 is 0 Å². The van der Waals surface area contributed by atoms with Gasteiger partial charge in [0.15, 0.2) is 0 Å². The normalized spacial score (nSPS) is 16.4. The van der Waals surface area contributed by atoms with Crippen LogP contribution in [0.5, 0.6) is 11.5 Å². The summed E-state index contributed by atoms with van der Waals surface area (Å²) in [5, 5.41) is 2.68. The minimum atomic E-state index is -3.43. The summed E-state index contributed by atoms with van der Waals surface area (Å²) in [5.74, 6) is 0.476. The monoisotopic (exact) mass is 371 g/mol. The highest BCUT2D eigenvalue weighted by Gasteiger charge is 2.26. The third-order valence-electron chi connectivity index (χ3n) is 4.13. The zero-order chi connectivity index (χ0) is 18.4. The van der Waals surface area contributed by atoms with Gasteiger partial charge in [-0.1, -0.05) is 0 Å². The predicted molar refractivity (Wildman–Crippen MR) is 95.6 cm³/mol. The molecule has 1 fully saturated rings. The lowest BCUT2D eigenvalue weighted by Gasteiger charge is -2.31. The number of carbonyl (C=O) groups excluding carboxylic acids is 1. The third-order valence-corrected chi connectivity index (χ3v) is 6.00. The van der Waals surface area contributed by atoms with Crippen LogP contribution >= 0.6 is 0 Å². The summed E-state index contributed by atoms with van der Waals surface area (Å²) in [6.07, 6.45) is -0.107. The Bertz CT molecular complexity index is 700. The van der Waals surface area contributed by atoms with Crippen molar-refractivity contribution in [1.82, 2.24) is 9.21 Å². The first-order valence-electron chi connectivity index (χ1n) is 8.04. The van der Waals surface area contributed by atoms with Crippen molar-refractivity contribution in [2.24, 2.45) is 0 Å². The van der Waals surface area contributed by atoms with Gasteiger partial charge in [0.05, 0.1) is 25.7 Å². The highest BCUT2D eigenvalue weighted by molar-refractivity contribution is 7.89. The van der Waals surface area contributed by atoms with Crippen molar-refractivity contribution in [3.05, 3.63) is 18.2 Å². The van der Waals surface area contributed by atoms with E-state index in [0.29, 0.717) is 43.4 Å². The van der Waals surface area contributed by atoms with Crippen molar-refractivity contribution in [2.75, 3.05) is 58.5 Å². The molecule has 0 unspecified atom stereocenters. The fourth-order valence-corrected chi connectivity index (χ4v) is 3.95. The summed E-state index contributed by atoms with van der Waals surface area (Å²) in [7, 11) is 1.56. The molecule has 1 aliphatic rings. The highest BCUT2D eigenvalue weighted by Crippen LogP contribution is 2.29. The molecule has 0 aliphatic carbocycles. The van der Waals surface area contributed by atoms with E-state index in [9.17, 15) is 13.2 Å². The van der Waals surface area contributed by atoms with E-state index in [1.165, 1.54) is 18.5 Å². The number of methoxy groups -OCH3 is 2. The quantitative estimate of drug-likeness (QED) is 0.756. The molecule has 2 rings (SSSR count). The smallest absolute Gasteiger partial charge is 0.225 e. The SMILES string of the molecule is COc1ccc(NC(=O)CCS(=O)(=O)N2CCN(C)CC2)c(OC)c1. The van der Waals surface area contributed by atoms with Gasteiger partial charge >= 0.3 is 0 Å². The number of benzene rings is 1. The van der Waals surface area contributed by atoms with Crippen LogP contribution in [-0.2, 0) is 14.8 Å². The molecule has 0 bridgehead atoms. The Labute approximate surface area is 148 Å². The molecule has 1 aromatic carbocycles. The number of likely N-dealkylation sites (N-methyl/N-ethyl adjacent to an activating group) is 1. The first-order chi connectivity index (χ1) is 11.9. The van der Waals surface area contributed by atoms with Crippen molar-refractivity contribution in [1.29, 1.82) is 0 Å². The van der Waals surface area contributed by atoms with E-state index in [2.05, 4.69) is 10.2 Å². The molecule has 0 spiro atoms. The van der Waals surface area contributed by atoms with Crippen LogP contribution in [0.4, 0.5) is 5.69 Å². The molecule has 9 heteroatoms. The van der Waals surface area contributed by atoms with Crippen molar-refractivity contribution in [2.45, 2.75) is 6.42 Å². The summed E-state index contributed by atoms with van der Waals surface area (Å²) in [6.45, 7) is 2.34. The van der Waals surface area contributed by atoms with Gasteiger partial charge in [-0.2, -0.15) is 4.31 Å². The maximum absolute atomic E-state index is 12.3. The van der Waals surface area contributed by atoms with Crippen LogP contribution in [0.2, 0.25) is 0 Å². The van der Waals surface area contributed by atoms with Crippen LogP contribution in [0, 0.1) is 0 Å². The number of hydrogen-bond acceptors (Lipinski definition) is 6. The predicted octanol–water partition coefficient (Wildman–Crippen LogP) is 0.610.